The van der Waals surface area contributed by atoms with E-state index in [0.717, 1.165) is 11.3 Å². The Morgan fingerprint density at radius 2 is 1.60 bits per heavy atom. The number of rotatable bonds is 6. The molecular weight excluding hydrogens is 379 g/mol. The predicted molar refractivity (Wildman–Crippen MR) is 115 cm³/mol. The summed E-state index contributed by atoms with van der Waals surface area (Å²) < 4.78 is 13.3. The number of halogens is 1. The lowest BCUT2D eigenvalue weighted by atomic mass is 10.2. The molecule has 0 bridgehead atoms. The molecule has 30 heavy (non-hydrogen) atoms. The zero-order chi connectivity index (χ0) is 20.8. The third-order valence-corrected chi connectivity index (χ3v) is 4.46. The van der Waals surface area contributed by atoms with E-state index in [4.69, 9.17) is 0 Å². The van der Waals surface area contributed by atoms with Crippen molar-refractivity contribution in [1.82, 2.24) is 9.97 Å². The maximum atomic E-state index is 13.3. The summed E-state index contributed by atoms with van der Waals surface area (Å²) >= 11 is 0. The van der Waals surface area contributed by atoms with Gasteiger partial charge in [-0.3, -0.25) is 4.79 Å². The molecule has 0 fully saturated rings. The molecule has 1 N–H and O–H groups in total. The van der Waals surface area contributed by atoms with Crippen LogP contribution >= 0.6 is 0 Å². The summed E-state index contributed by atoms with van der Waals surface area (Å²) in [6, 6.07) is 25.3. The zero-order valence-electron chi connectivity index (χ0n) is 16.1. The van der Waals surface area contributed by atoms with Gasteiger partial charge in [-0.05, 0) is 35.9 Å². The van der Waals surface area contributed by atoms with Crippen LogP contribution in [0.25, 0.3) is 0 Å². The minimum absolute atomic E-state index is 0.222. The molecule has 1 heterocycles. The first kappa shape index (κ1) is 19.3. The molecule has 3 aromatic carbocycles. The van der Waals surface area contributed by atoms with Crippen LogP contribution in [-0.4, -0.2) is 15.9 Å². The van der Waals surface area contributed by atoms with E-state index in [1.54, 1.807) is 17.0 Å². The van der Waals surface area contributed by atoms with Gasteiger partial charge in [0.2, 0.25) is 0 Å². The third kappa shape index (κ3) is 4.67. The van der Waals surface area contributed by atoms with Crippen molar-refractivity contribution in [3.63, 3.8) is 0 Å². The Bertz CT molecular complexity index is 1120. The van der Waals surface area contributed by atoms with Crippen molar-refractivity contribution in [3.05, 3.63) is 114 Å². The number of para-hydroxylation sites is 1. The lowest BCUT2D eigenvalue weighted by molar-refractivity contribution is 0.0980. The number of anilines is 3. The number of amides is 1. The molecule has 0 aliphatic rings. The van der Waals surface area contributed by atoms with Crippen molar-refractivity contribution in [2.45, 2.75) is 6.54 Å². The fraction of sp³-hybridized carbons (Fsp3) is 0.0417. The highest BCUT2D eigenvalue weighted by molar-refractivity contribution is 6.04. The Morgan fingerprint density at radius 3 is 2.27 bits per heavy atom. The van der Waals surface area contributed by atoms with Crippen LogP contribution in [0.4, 0.5) is 21.6 Å². The monoisotopic (exact) mass is 398 g/mol. The Labute approximate surface area is 173 Å². The summed E-state index contributed by atoms with van der Waals surface area (Å²) in [5.41, 5.74) is 2.56. The Hall–Kier alpha value is -4.06. The van der Waals surface area contributed by atoms with Gasteiger partial charge in [-0.2, -0.15) is 0 Å². The second kappa shape index (κ2) is 8.96. The Morgan fingerprint density at radius 1 is 0.867 bits per heavy atom. The number of carbonyl (C=O) groups is 1. The van der Waals surface area contributed by atoms with Gasteiger partial charge < -0.3 is 10.2 Å². The molecular formula is C24H19FN4O. The summed E-state index contributed by atoms with van der Waals surface area (Å²) in [5, 5.41) is 2.97. The normalized spacial score (nSPS) is 10.4. The fourth-order valence-corrected chi connectivity index (χ4v) is 3.01. The molecule has 1 amide bonds. The molecule has 0 saturated carbocycles. The molecule has 148 valence electrons. The van der Waals surface area contributed by atoms with Crippen LogP contribution in [0.1, 0.15) is 16.1 Å². The van der Waals surface area contributed by atoms with Crippen molar-refractivity contribution in [1.29, 1.82) is 0 Å². The number of hydrogen-bond acceptors (Lipinski definition) is 4. The number of carbonyl (C=O) groups excluding carboxylic acids is 1. The first-order chi connectivity index (χ1) is 14.7. The SMILES string of the molecule is O=C(c1cnc(Nc2cccc(F)c2)cn1)N(Cc1ccccc1)c1ccccc1. The van der Waals surface area contributed by atoms with Crippen LogP contribution in [-0.2, 0) is 6.54 Å². The lowest BCUT2D eigenvalue weighted by Gasteiger charge is -2.22. The zero-order valence-corrected chi connectivity index (χ0v) is 16.1. The van der Waals surface area contributed by atoms with E-state index >= 15 is 0 Å². The second-order valence-electron chi connectivity index (χ2n) is 6.63. The quantitative estimate of drug-likeness (QED) is 0.485. The lowest BCUT2D eigenvalue weighted by Crippen LogP contribution is -2.31. The smallest absolute Gasteiger partial charge is 0.278 e. The number of benzene rings is 3. The van der Waals surface area contributed by atoms with E-state index < -0.39 is 0 Å². The molecule has 0 atom stereocenters. The van der Waals surface area contributed by atoms with Crippen molar-refractivity contribution >= 4 is 23.1 Å². The van der Waals surface area contributed by atoms with Gasteiger partial charge in [0.15, 0.2) is 0 Å². The summed E-state index contributed by atoms with van der Waals surface area (Å²) in [7, 11) is 0. The molecule has 4 rings (SSSR count). The topological polar surface area (TPSA) is 58.1 Å². The van der Waals surface area contributed by atoms with E-state index in [0.29, 0.717) is 18.1 Å². The fourth-order valence-electron chi connectivity index (χ4n) is 3.01. The first-order valence-electron chi connectivity index (χ1n) is 9.44. The number of aromatic nitrogens is 2. The highest BCUT2D eigenvalue weighted by Gasteiger charge is 2.19. The molecule has 6 heteroatoms. The molecule has 4 aromatic rings. The maximum absolute atomic E-state index is 13.3. The van der Waals surface area contributed by atoms with Gasteiger partial charge in [0.05, 0.1) is 18.9 Å². The molecule has 0 unspecified atom stereocenters. The van der Waals surface area contributed by atoms with Gasteiger partial charge in [0, 0.05) is 11.4 Å². The van der Waals surface area contributed by atoms with Crippen molar-refractivity contribution in [2.75, 3.05) is 10.2 Å². The summed E-state index contributed by atoms with van der Waals surface area (Å²) in [5.74, 6) is -0.180. The molecule has 0 radical (unpaired) electrons. The van der Waals surface area contributed by atoms with Crippen LogP contribution < -0.4 is 10.2 Å². The molecule has 0 saturated heterocycles. The van der Waals surface area contributed by atoms with Gasteiger partial charge in [-0.15, -0.1) is 0 Å². The maximum Gasteiger partial charge on any atom is 0.278 e. The first-order valence-corrected chi connectivity index (χ1v) is 9.44. The highest BCUT2D eigenvalue weighted by Crippen LogP contribution is 2.20. The van der Waals surface area contributed by atoms with Gasteiger partial charge >= 0.3 is 0 Å². The van der Waals surface area contributed by atoms with Crippen molar-refractivity contribution < 1.29 is 9.18 Å². The van der Waals surface area contributed by atoms with Crippen LogP contribution in [0.2, 0.25) is 0 Å². The summed E-state index contributed by atoms with van der Waals surface area (Å²) in [6.45, 7) is 0.411. The molecule has 0 spiro atoms. The van der Waals surface area contributed by atoms with Gasteiger partial charge in [-0.1, -0.05) is 54.6 Å². The second-order valence-corrected chi connectivity index (χ2v) is 6.63. The van der Waals surface area contributed by atoms with Crippen molar-refractivity contribution in [3.8, 4) is 0 Å². The van der Waals surface area contributed by atoms with E-state index in [1.165, 1.54) is 24.5 Å². The van der Waals surface area contributed by atoms with Crippen molar-refractivity contribution in [2.24, 2.45) is 0 Å². The van der Waals surface area contributed by atoms with Gasteiger partial charge in [-0.25, -0.2) is 14.4 Å². The molecule has 0 aliphatic heterocycles. The van der Waals surface area contributed by atoms with Crippen LogP contribution in [0.15, 0.2) is 97.3 Å². The third-order valence-electron chi connectivity index (χ3n) is 4.46. The number of nitrogens with zero attached hydrogens (tertiary/aromatic N) is 3. The highest BCUT2D eigenvalue weighted by atomic mass is 19.1. The number of hydrogen-bond donors (Lipinski definition) is 1. The van der Waals surface area contributed by atoms with Crippen LogP contribution in [0, 0.1) is 5.82 Å². The average molecular weight is 398 g/mol. The Kier molecular flexibility index (Phi) is 5.75. The Balaban J connectivity index is 1.56. The summed E-state index contributed by atoms with van der Waals surface area (Å²) in [4.78, 5) is 23.4. The van der Waals surface area contributed by atoms with E-state index in [2.05, 4.69) is 15.3 Å². The number of nitrogens with one attached hydrogen (secondary N) is 1. The van der Waals surface area contributed by atoms with Crippen LogP contribution in [0.5, 0.6) is 0 Å². The standard InChI is InChI=1S/C24H19FN4O/c25-19-10-7-11-20(14-19)28-23-16-26-22(15-27-23)24(30)29(21-12-5-2-6-13-21)17-18-8-3-1-4-9-18/h1-16H,17H2,(H,27,28). The largest absolute Gasteiger partial charge is 0.339 e. The predicted octanol–water partition coefficient (Wildman–Crippen LogP) is 5.21. The van der Waals surface area contributed by atoms with E-state index in [-0.39, 0.29) is 17.4 Å². The minimum Gasteiger partial charge on any atom is -0.339 e. The molecule has 1 aromatic heterocycles. The van der Waals surface area contributed by atoms with Crippen LogP contribution in [0.3, 0.4) is 0 Å². The minimum atomic E-state index is -0.348. The van der Waals surface area contributed by atoms with Gasteiger partial charge in [0.1, 0.15) is 17.3 Å². The molecule has 0 aliphatic carbocycles. The average Bonchev–Trinajstić information content (AvgIpc) is 2.79. The van der Waals surface area contributed by atoms with E-state index in [1.807, 2.05) is 60.7 Å². The van der Waals surface area contributed by atoms with Gasteiger partial charge in [0.25, 0.3) is 5.91 Å². The summed E-state index contributed by atoms with van der Waals surface area (Å²) in [6.07, 6.45) is 2.88. The van der Waals surface area contributed by atoms with E-state index in [9.17, 15) is 9.18 Å². The molecule has 5 nitrogen and oxygen atoms in total.